The van der Waals surface area contributed by atoms with Crippen molar-refractivity contribution >= 4 is 29.1 Å². The van der Waals surface area contributed by atoms with E-state index in [9.17, 15) is 9.59 Å². The van der Waals surface area contributed by atoms with Crippen LogP contribution in [0.15, 0.2) is 49.3 Å². The molecule has 2 aromatic rings. The first-order chi connectivity index (χ1) is 13.3. The third-order valence-electron chi connectivity index (χ3n) is 5.30. The minimum Gasteiger partial charge on any atom is -0.339 e. The first-order valence-corrected chi connectivity index (χ1v) is 9.72. The van der Waals surface area contributed by atoms with Gasteiger partial charge in [0, 0.05) is 24.3 Å². The van der Waals surface area contributed by atoms with Gasteiger partial charge in [-0.3, -0.25) is 14.3 Å². The zero-order valence-electron chi connectivity index (χ0n) is 16.2. The molecule has 1 aromatic carbocycles. The number of piperidine rings is 1. The maximum atomic E-state index is 12.8. The Labute approximate surface area is 170 Å². The number of carbonyl (C=O) groups is 2. The van der Waals surface area contributed by atoms with Crippen molar-refractivity contribution in [2.45, 2.75) is 38.1 Å². The first kappa shape index (κ1) is 20.1. The fourth-order valence-corrected chi connectivity index (χ4v) is 3.57. The molecule has 2 amide bonds. The van der Waals surface area contributed by atoms with Gasteiger partial charge in [-0.05, 0) is 50.5 Å². The summed E-state index contributed by atoms with van der Waals surface area (Å²) in [5.74, 6) is -0.157. The third kappa shape index (κ3) is 4.28. The molecule has 1 saturated heterocycles. The number of benzene rings is 1. The number of hydrogen-bond acceptors (Lipinski definition) is 3. The van der Waals surface area contributed by atoms with Crippen LogP contribution in [0.3, 0.4) is 0 Å². The Hall–Kier alpha value is -2.60. The van der Waals surface area contributed by atoms with Crippen LogP contribution in [-0.4, -0.2) is 39.6 Å². The van der Waals surface area contributed by atoms with Crippen LogP contribution >= 0.6 is 11.6 Å². The van der Waals surface area contributed by atoms with E-state index in [-0.39, 0.29) is 17.9 Å². The van der Waals surface area contributed by atoms with Crippen molar-refractivity contribution in [2.24, 2.45) is 0 Å². The number of hydrogen-bond donors (Lipinski definition) is 1. The topological polar surface area (TPSA) is 67.2 Å². The molecule has 1 fully saturated rings. The van der Waals surface area contributed by atoms with Crippen molar-refractivity contribution in [1.29, 1.82) is 0 Å². The van der Waals surface area contributed by atoms with E-state index in [1.807, 2.05) is 42.9 Å². The molecule has 1 aromatic heterocycles. The fourth-order valence-electron chi connectivity index (χ4n) is 3.38. The van der Waals surface area contributed by atoms with E-state index in [4.69, 9.17) is 11.6 Å². The van der Waals surface area contributed by atoms with Crippen LogP contribution in [0.2, 0.25) is 5.02 Å². The van der Waals surface area contributed by atoms with Gasteiger partial charge in [0.15, 0.2) is 0 Å². The van der Waals surface area contributed by atoms with Crippen LogP contribution in [0.25, 0.3) is 0 Å². The Balaban J connectivity index is 1.64. The van der Waals surface area contributed by atoms with E-state index in [0.717, 1.165) is 18.4 Å². The number of nitrogens with one attached hydrogen (secondary N) is 1. The Morgan fingerprint density at radius 2 is 2.04 bits per heavy atom. The van der Waals surface area contributed by atoms with Crippen LogP contribution < -0.4 is 5.32 Å². The number of aromatic nitrogens is 2. The molecule has 1 aliphatic rings. The normalized spacial score (nSPS) is 15.3. The monoisotopic (exact) mass is 400 g/mol. The summed E-state index contributed by atoms with van der Waals surface area (Å²) in [7, 11) is 0. The zero-order valence-corrected chi connectivity index (χ0v) is 16.9. The lowest BCUT2D eigenvalue weighted by molar-refractivity contribution is -0.127. The number of halogens is 1. The molecular formula is C21H25ClN4O2. The molecule has 2 heterocycles. The summed E-state index contributed by atoms with van der Waals surface area (Å²) in [6.45, 7) is 8.62. The van der Waals surface area contributed by atoms with Crippen LogP contribution in [-0.2, 0) is 15.0 Å². The van der Waals surface area contributed by atoms with Crippen molar-refractivity contribution in [1.82, 2.24) is 14.7 Å². The molecule has 148 valence electrons. The standard InChI is InChI=1S/C21H25ClN4O2/c1-4-19(27)25-10-8-18(9-11-25)26-14-17(13-23-26)24-20(28)21(2,3)15-6-5-7-16(22)12-15/h4-7,12-14,18H,1,8-11H2,2-3H3,(H,24,28). The molecule has 3 rings (SSSR count). The largest absolute Gasteiger partial charge is 0.339 e. The number of carbonyl (C=O) groups excluding carboxylic acids is 2. The van der Waals surface area contributed by atoms with Crippen LogP contribution in [0, 0.1) is 0 Å². The summed E-state index contributed by atoms with van der Waals surface area (Å²) in [4.78, 5) is 26.3. The van der Waals surface area contributed by atoms with Crippen LogP contribution in [0.5, 0.6) is 0 Å². The lowest BCUT2D eigenvalue weighted by Crippen LogP contribution is -2.38. The highest BCUT2D eigenvalue weighted by Gasteiger charge is 2.30. The Morgan fingerprint density at radius 1 is 1.32 bits per heavy atom. The minimum atomic E-state index is -0.733. The van der Waals surface area contributed by atoms with Crippen molar-refractivity contribution in [2.75, 3.05) is 18.4 Å². The molecule has 0 atom stereocenters. The first-order valence-electron chi connectivity index (χ1n) is 9.34. The van der Waals surface area contributed by atoms with E-state index >= 15 is 0 Å². The van der Waals surface area contributed by atoms with Crippen molar-refractivity contribution in [3.63, 3.8) is 0 Å². The minimum absolute atomic E-state index is 0.0323. The van der Waals surface area contributed by atoms with Gasteiger partial charge in [0.1, 0.15) is 0 Å². The Kier molecular flexibility index (Phi) is 5.89. The van der Waals surface area contributed by atoms with Crippen molar-refractivity contribution in [3.8, 4) is 0 Å². The maximum absolute atomic E-state index is 12.8. The third-order valence-corrected chi connectivity index (χ3v) is 5.53. The summed E-state index contributed by atoms with van der Waals surface area (Å²) in [6, 6.07) is 7.54. The van der Waals surface area contributed by atoms with Gasteiger partial charge in [0.2, 0.25) is 11.8 Å². The van der Waals surface area contributed by atoms with Crippen molar-refractivity contribution < 1.29 is 9.59 Å². The van der Waals surface area contributed by atoms with Gasteiger partial charge in [-0.1, -0.05) is 30.3 Å². The number of likely N-dealkylation sites (tertiary alicyclic amines) is 1. The lowest BCUT2D eigenvalue weighted by Gasteiger charge is -2.31. The quantitative estimate of drug-likeness (QED) is 0.776. The van der Waals surface area contributed by atoms with E-state index in [1.165, 1.54) is 6.08 Å². The second kappa shape index (κ2) is 8.19. The number of anilines is 1. The lowest BCUT2D eigenvalue weighted by atomic mass is 9.83. The summed E-state index contributed by atoms with van der Waals surface area (Å²) >= 11 is 6.07. The molecular weight excluding hydrogens is 376 g/mol. The number of rotatable bonds is 5. The highest BCUT2D eigenvalue weighted by Crippen LogP contribution is 2.28. The number of nitrogens with zero attached hydrogens (tertiary/aromatic N) is 3. The zero-order chi connectivity index (χ0) is 20.3. The van der Waals surface area contributed by atoms with E-state index < -0.39 is 5.41 Å². The molecule has 1 aliphatic heterocycles. The molecule has 28 heavy (non-hydrogen) atoms. The van der Waals surface area contributed by atoms with E-state index in [2.05, 4.69) is 17.0 Å². The van der Waals surface area contributed by atoms with Gasteiger partial charge in [0.25, 0.3) is 0 Å². The molecule has 0 saturated carbocycles. The van der Waals surface area contributed by atoms with Crippen LogP contribution in [0.1, 0.15) is 38.3 Å². The molecule has 0 aliphatic carbocycles. The molecule has 0 unspecified atom stereocenters. The second-order valence-corrected chi connectivity index (χ2v) is 8.00. The average molecular weight is 401 g/mol. The summed E-state index contributed by atoms with van der Waals surface area (Å²) in [6.07, 6.45) is 6.50. The highest BCUT2D eigenvalue weighted by molar-refractivity contribution is 6.30. The Bertz CT molecular complexity index is 882. The smallest absolute Gasteiger partial charge is 0.245 e. The number of amides is 2. The van der Waals surface area contributed by atoms with Gasteiger partial charge < -0.3 is 10.2 Å². The molecule has 7 heteroatoms. The second-order valence-electron chi connectivity index (χ2n) is 7.56. The average Bonchev–Trinajstić information content (AvgIpc) is 3.16. The maximum Gasteiger partial charge on any atom is 0.245 e. The van der Waals surface area contributed by atoms with Gasteiger partial charge >= 0.3 is 0 Å². The molecule has 0 spiro atoms. The van der Waals surface area contributed by atoms with E-state index in [0.29, 0.717) is 23.8 Å². The molecule has 0 radical (unpaired) electrons. The summed E-state index contributed by atoms with van der Waals surface area (Å²) in [5.41, 5.74) is 0.775. The van der Waals surface area contributed by atoms with Gasteiger partial charge in [-0.2, -0.15) is 5.10 Å². The molecule has 6 nitrogen and oxygen atoms in total. The van der Waals surface area contributed by atoms with Crippen LogP contribution in [0.4, 0.5) is 5.69 Å². The van der Waals surface area contributed by atoms with E-state index in [1.54, 1.807) is 17.2 Å². The highest BCUT2D eigenvalue weighted by atomic mass is 35.5. The predicted octanol–water partition coefficient (Wildman–Crippen LogP) is 3.80. The van der Waals surface area contributed by atoms with Gasteiger partial charge in [0.05, 0.1) is 23.3 Å². The van der Waals surface area contributed by atoms with Gasteiger partial charge in [-0.25, -0.2) is 0 Å². The Morgan fingerprint density at radius 3 is 2.68 bits per heavy atom. The summed E-state index contributed by atoms with van der Waals surface area (Å²) in [5, 5.41) is 7.97. The molecule has 0 bridgehead atoms. The van der Waals surface area contributed by atoms with Gasteiger partial charge in [-0.15, -0.1) is 0 Å². The van der Waals surface area contributed by atoms with Crippen molar-refractivity contribution in [3.05, 3.63) is 59.9 Å². The predicted molar refractivity (Wildman–Crippen MR) is 110 cm³/mol. The fraction of sp³-hybridized carbons (Fsp3) is 0.381. The molecule has 1 N–H and O–H groups in total. The summed E-state index contributed by atoms with van der Waals surface area (Å²) < 4.78 is 1.87. The SMILES string of the molecule is C=CC(=O)N1CCC(n2cc(NC(=O)C(C)(C)c3cccc(Cl)c3)cn2)CC1.